The number of nitrogens with zero attached hydrogens (tertiary/aromatic N) is 1. The molecule has 12 heteroatoms. The zero-order valence-electron chi connectivity index (χ0n) is 20.5. The number of fused-ring (bicyclic) bond motifs is 5. The van der Waals surface area contributed by atoms with E-state index in [1.54, 1.807) is 4.90 Å². The largest absolute Gasteiger partial charge is 0.756 e. The number of nitrogens with one attached hydrogen (secondary N) is 4. The predicted octanol–water partition coefficient (Wildman–Crippen LogP) is 1.86. The van der Waals surface area contributed by atoms with Crippen molar-refractivity contribution in [1.29, 1.82) is 0 Å². The molecule has 0 aliphatic carbocycles. The summed E-state index contributed by atoms with van der Waals surface area (Å²) >= 11 is 0. The monoisotopic (exact) mass is 530 g/mol. The Labute approximate surface area is 216 Å². The summed E-state index contributed by atoms with van der Waals surface area (Å²) in [5, 5.41) is 2.84. The molecule has 0 bridgehead atoms. The van der Waals surface area contributed by atoms with E-state index in [0.717, 1.165) is 35.2 Å². The Hall–Kier alpha value is -2.63. The predicted molar refractivity (Wildman–Crippen MR) is 135 cm³/mol. The summed E-state index contributed by atoms with van der Waals surface area (Å²) in [6.07, 6.45) is 2.90. The molecule has 2 aliphatic rings. The van der Waals surface area contributed by atoms with Crippen LogP contribution in [0.4, 0.5) is 5.69 Å². The van der Waals surface area contributed by atoms with Crippen LogP contribution >= 0.6 is 7.82 Å². The lowest BCUT2D eigenvalue weighted by molar-refractivity contribution is -0.219. The Bertz CT molecular complexity index is 1140. The first-order valence-corrected chi connectivity index (χ1v) is 14.0. The Morgan fingerprint density at radius 1 is 1.00 bits per heavy atom. The molecule has 0 radical (unpaired) electrons. The summed E-state index contributed by atoms with van der Waals surface area (Å²) < 4.78 is 14.8. The number of hydrogen-bond acceptors (Lipinski definition) is 8. The molecule has 0 spiro atoms. The SMILES string of the molecule is O=C(CCC(=O)N1Cc2ccccc2C2NNNC2c2ccccc21)NCCCCCCOP(=O)([O-])O. The molecule has 2 aliphatic heterocycles. The van der Waals surface area contributed by atoms with E-state index in [1.807, 2.05) is 42.5 Å². The number of phosphoric ester groups is 1. The van der Waals surface area contributed by atoms with Crippen LogP contribution < -0.4 is 31.5 Å². The van der Waals surface area contributed by atoms with Crippen molar-refractivity contribution >= 4 is 25.3 Å². The van der Waals surface area contributed by atoms with Crippen LogP contribution in [-0.4, -0.2) is 29.9 Å². The molecular formula is C25H33N5O6P-. The first-order valence-electron chi connectivity index (χ1n) is 12.5. The third kappa shape index (κ3) is 7.45. The van der Waals surface area contributed by atoms with E-state index in [4.69, 9.17) is 4.89 Å². The third-order valence-corrected chi connectivity index (χ3v) is 7.09. The molecule has 200 valence electrons. The topological polar surface area (TPSA) is 155 Å². The van der Waals surface area contributed by atoms with Gasteiger partial charge in [-0.15, -0.1) is 0 Å². The van der Waals surface area contributed by atoms with Crippen LogP contribution in [0.2, 0.25) is 0 Å². The fourth-order valence-corrected chi connectivity index (χ4v) is 5.13. The smallest absolute Gasteiger partial charge is 0.265 e. The zero-order chi connectivity index (χ0) is 26.3. The number of phosphoric acid groups is 1. The highest BCUT2D eigenvalue weighted by atomic mass is 31.2. The molecule has 2 heterocycles. The maximum absolute atomic E-state index is 13.4. The summed E-state index contributed by atoms with van der Waals surface area (Å²) in [5.41, 5.74) is 13.6. The first kappa shape index (κ1) is 27.4. The number of unbranched alkanes of at least 4 members (excludes halogenated alkanes) is 3. The number of anilines is 1. The van der Waals surface area contributed by atoms with Crippen LogP contribution in [-0.2, 0) is 25.2 Å². The van der Waals surface area contributed by atoms with Gasteiger partial charge in [-0.3, -0.25) is 14.2 Å². The van der Waals surface area contributed by atoms with E-state index >= 15 is 0 Å². The number of hydrogen-bond donors (Lipinski definition) is 5. The number of benzene rings is 2. The molecule has 3 atom stereocenters. The first-order chi connectivity index (χ1) is 17.8. The number of carbonyl (C=O) groups is 2. The van der Waals surface area contributed by atoms with Gasteiger partial charge in [-0.05, 0) is 35.6 Å². The molecule has 11 nitrogen and oxygen atoms in total. The maximum atomic E-state index is 13.4. The van der Waals surface area contributed by atoms with Gasteiger partial charge < -0.3 is 24.5 Å². The molecule has 2 amide bonds. The van der Waals surface area contributed by atoms with Crippen molar-refractivity contribution < 1.29 is 28.5 Å². The van der Waals surface area contributed by atoms with Crippen LogP contribution in [0.25, 0.3) is 0 Å². The standard InChI is InChI=1S/C25H34N5O6P/c31-22(26-15-7-1-2-8-16-36-37(33,34)35)13-14-23(32)30-17-18-9-3-4-10-19(18)24-25(28-29-27-24)20-11-5-6-12-21(20)30/h3-6,9-12,24-25,27-29H,1-2,7-8,13-17H2,(H,26,31)(H2,33,34,35)/p-1. The van der Waals surface area contributed by atoms with Crippen molar-refractivity contribution in [3.63, 3.8) is 0 Å². The third-order valence-electron chi connectivity index (χ3n) is 6.58. The molecule has 2 aromatic rings. The van der Waals surface area contributed by atoms with Crippen LogP contribution in [0, 0.1) is 0 Å². The van der Waals surface area contributed by atoms with Gasteiger partial charge in [0.15, 0.2) is 0 Å². The van der Waals surface area contributed by atoms with Gasteiger partial charge in [-0.2, -0.15) is 5.53 Å². The van der Waals surface area contributed by atoms with Crippen LogP contribution in [0.1, 0.15) is 67.3 Å². The molecule has 1 fully saturated rings. The van der Waals surface area contributed by atoms with Gasteiger partial charge in [0.2, 0.25) is 11.8 Å². The second-order valence-corrected chi connectivity index (χ2v) is 10.4. The molecule has 2 aromatic carbocycles. The second-order valence-electron chi connectivity index (χ2n) is 9.17. The van der Waals surface area contributed by atoms with Crippen molar-refractivity contribution in [2.75, 3.05) is 18.1 Å². The van der Waals surface area contributed by atoms with E-state index < -0.39 is 7.82 Å². The Morgan fingerprint density at radius 2 is 1.68 bits per heavy atom. The van der Waals surface area contributed by atoms with Crippen molar-refractivity contribution in [2.45, 2.75) is 57.2 Å². The van der Waals surface area contributed by atoms with Gasteiger partial charge in [-0.25, -0.2) is 10.9 Å². The van der Waals surface area contributed by atoms with Crippen molar-refractivity contribution in [1.82, 2.24) is 21.7 Å². The quantitative estimate of drug-likeness (QED) is 0.216. The fourth-order valence-electron chi connectivity index (χ4n) is 4.77. The van der Waals surface area contributed by atoms with Crippen LogP contribution in [0.15, 0.2) is 48.5 Å². The average molecular weight is 531 g/mol. The maximum Gasteiger partial charge on any atom is 0.265 e. The summed E-state index contributed by atoms with van der Waals surface area (Å²) in [6, 6.07) is 15.8. The highest BCUT2D eigenvalue weighted by Crippen LogP contribution is 2.40. The molecule has 4 rings (SSSR count). The molecule has 37 heavy (non-hydrogen) atoms. The number of amides is 2. The molecule has 1 saturated heterocycles. The molecule has 0 aromatic heterocycles. The average Bonchev–Trinajstić information content (AvgIpc) is 3.35. The van der Waals surface area contributed by atoms with E-state index in [-0.39, 0.29) is 43.3 Å². The molecular weight excluding hydrogens is 497 g/mol. The van der Waals surface area contributed by atoms with Gasteiger partial charge in [0, 0.05) is 25.1 Å². The van der Waals surface area contributed by atoms with Crippen LogP contribution in [0.3, 0.4) is 0 Å². The highest BCUT2D eigenvalue weighted by molar-refractivity contribution is 7.44. The van der Waals surface area contributed by atoms with E-state index in [9.17, 15) is 19.0 Å². The normalized spacial score (nSPS) is 20.1. The Kier molecular flexibility index (Phi) is 9.44. The number of para-hydroxylation sites is 1. The van der Waals surface area contributed by atoms with Crippen LogP contribution in [0.5, 0.6) is 0 Å². The van der Waals surface area contributed by atoms with E-state index in [2.05, 4.69) is 32.3 Å². The minimum atomic E-state index is -4.66. The lowest BCUT2D eigenvalue weighted by atomic mass is 9.88. The minimum absolute atomic E-state index is 0.0102. The van der Waals surface area contributed by atoms with E-state index in [0.29, 0.717) is 25.9 Å². The van der Waals surface area contributed by atoms with Gasteiger partial charge >= 0.3 is 0 Å². The van der Waals surface area contributed by atoms with Crippen molar-refractivity contribution in [3.8, 4) is 0 Å². The Morgan fingerprint density at radius 3 is 2.46 bits per heavy atom. The van der Waals surface area contributed by atoms with Crippen molar-refractivity contribution in [2.24, 2.45) is 0 Å². The van der Waals surface area contributed by atoms with Gasteiger partial charge in [0.1, 0.15) is 0 Å². The molecule has 5 N–H and O–H groups in total. The summed E-state index contributed by atoms with van der Waals surface area (Å²) in [5.74, 6) is -0.301. The fraction of sp³-hybridized carbons (Fsp3) is 0.440. The summed E-state index contributed by atoms with van der Waals surface area (Å²) in [7, 11) is -4.66. The summed E-state index contributed by atoms with van der Waals surface area (Å²) in [6.45, 7) is 0.837. The number of carbonyl (C=O) groups excluding carboxylic acids is 2. The summed E-state index contributed by atoms with van der Waals surface area (Å²) in [4.78, 5) is 46.6. The zero-order valence-corrected chi connectivity index (χ0v) is 21.4. The lowest BCUT2D eigenvalue weighted by Crippen LogP contribution is -2.36. The van der Waals surface area contributed by atoms with E-state index in [1.165, 1.54) is 0 Å². The van der Waals surface area contributed by atoms with Gasteiger partial charge in [0.05, 0.1) is 25.2 Å². The second kappa shape index (κ2) is 12.7. The Balaban J connectivity index is 1.30. The highest BCUT2D eigenvalue weighted by Gasteiger charge is 2.36. The lowest BCUT2D eigenvalue weighted by Gasteiger charge is -2.33. The molecule has 0 saturated carbocycles. The minimum Gasteiger partial charge on any atom is -0.756 e. The van der Waals surface area contributed by atoms with Crippen molar-refractivity contribution in [3.05, 3.63) is 65.2 Å². The molecule has 3 unspecified atom stereocenters. The number of rotatable bonds is 11. The number of hydrazine groups is 2. The van der Waals surface area contributed by atoms with Gasteiger partial charge in [-0.1, -0.05) is 55.3 Å². The van der Waals surface area contributed by atoms with Gasteiger partial charge in [0.25, 0.3) is 7.82 Å².